The summed E-state index contributed by atoms with van der Waals surface area (Å²) in [6.45, 7) is 2.73. The van der Waals surface area contributed by atoms with E-state index < -0.39 is 64.4 Å². The lowest BCUT2D eigenvalue weighted by atomic mass is 9.88. The van der Waals surface area contributed by atoms with Gasteiger partial charge in [-0.3, -0.25) is 28.4 Å². The SMILES string of the molecule is Cn1cc(CC(C(=O)NC(C)(C)Cn2nc(C(F)(F)F)cc2-c2cc(F)c(=O)n(C)c2)N2C(=O)c3c(F)ccc(-c4nc5cnn(C)c5cc4C#N)c3C3CC32)cn1. The molecule has 58 heavy (non-hydrogen) atoms. The summed E-state index contributed by atoms with van der Waals surface area (Å²) in [5.41, 5.74) is -1.10. The van der Waals surface area contributed by atoms with Crippen LogP contribution >= 0.6 is 0 Å². The van der Waals surface area contributed by atoms with Crippen molar-refractivity contribution < 1.29 is 31.5 Å². The fourth-order valence-corrected chi connectivity index (χ4v) is 7.89. The van der Waals surface area contributed by atoms with E-state index in [1.165, 1.54) is 35.1 Å². The van der Waals surface area contributed by atoms with Crippen LogP contribution in [-0.2, 0) is 45.1 Å². The predicted octanol–water partition coefficient (Wildman–Crippen LogP) is 4.62. The zero-order valence-corrected chi connectivity index (χ0v) is 31.6. The summed E-state index contributed by atoms with van der Waals surface area (Å²) in [6, 6.07) is 6.19. The molecule has 8 rings (SSSR count). The zero-order chi connectivity index (χ0) is 41.6. The normalized spacial score (nSPS) is 16.9. The second-order valence-corrected chi connectivity index (χ2v) is 15.4. The number of amides is 2. The van der Waals surface area contributed by atoms with Gasteiger partial charge in [0.25, 0.3) is 11.5 Å². The largest absolute Gasteiger partial charge is 0.435 e. The lowest BCUT2D eigenvalue weighted by molar-refractivity contribution is -0.141. The first kappa shape index (κ1) is 38.2. The number of alkyl halides is 3. The van der Waals surface area contributed by atoms with Gasteiger partial charge in [-0.1, -0.05) is 0 Å². The quantitative estimate of drug-likeness (QED) is 0.208. The number of hydrogen-bond donors (Lipinski definition) is 1. The van der Waals surface area contributed by atoms with Gasteiger partial charge >= 0.3 is 6.18 Å². The average molecular weight is 800 g/mol. The number of nitrogens with one attached hydrogen (secondary N) is 1. The maximum absolute atomic E-state index is 16.0. The number of carbonyl (C=O) groups excluding carboxylic acids is 2. The lowest BCUT2D eigenvalue weighted by Crippen LogP contribution is -2.58. The molecule has 0 bridgehead atoms. The summed E-state index contributed by atoms with van der Waals surface area (Å²) in [5.74, 6) is -3.85. The summed E-state index contributed by atoms with van der Waals surface area (Å²) in [7, 11) is 4.64. The number of hydrogen-bond acceptors (Lipinski definition) is 8. The van der Waals surface area contributed by atoms with Crippen molar-refractivity contribution in [1.29, 1.82) is 5.26 Å². The molecule has 0 spiro atoms. The van der Waals surface area contributed by atoms with Crippen molar-refractivity contribution in [2.75, 3.05) is 0 Å². The van der Waals surface area contributed by atoms with Gasteiger partial charge in [0.1, 0.15) is 23.4 Å². The van der Waals surface area contributed by atoms with Crippen molar-refractivity contribution in [3.63, 3.8) is 0 Å². The number of rotatable bonds is 9. The van der Waals surface area contributed by atoms with E-state index in [4.69, 9.17) is 4.98 Å². The van der Waals surface area contributed by atoms with E-state index in [0.29, 0.717) is 34.1 Å². The standard InChI is InChI=1S/C39H34F5N11O3/c1-38(2,18-54-27(12-31(50-54)39(42,43)44)21-9-25(41)36(57)51(3)17-21)49-35(56)30(8-19-14-46-52(4)16-19)55-28-11-23(28)32-22(6-7-24(40)33(32)37(55)58)34-20(13-45)10-29-26(48-34)15-47-53(29)5/h6-7,9-10,12,14-17,23,28,30H,8,11,18H2,1-5H3,(H,49,56). The maximum Gasteiger partial charge on any atom is 0.435 e. The second kappa shape index (κ2) is 13.5. The van der Waals surface area contributed by atoms with Crippen LogP contribution in [0.2, 0.25) is 0 Å². The van der Waals surface area contributed by atoms with Gasteiger partial charge in [-0.05, 0) is 61.7 Å². The van der Waals surface area contributed by atoms with E-state index in [0.717, 1.165) is 27.4 Å². The molecule has 2 amide bonds. The summed E-state index contributed by atoms with van der Waals surface area (Å²) < 4.78 is 77.3. The minimum Gasteiger partial charge on any atom is -0.348 e. The van der Waals surface area contributed by atoms with Crippen molar-refractivity contribution in [2.24, 2.45) is 21.1 Å². The van der Waals surface area contributed by atoms with Gasteiger partial charge in [-0.2, -0.15) is 33.7 Å². The fourth-order valence-electron chi connectivity index (χ4n) is 7.89. The number of pyridine rings is 2. The predicted molar refractivity (Wildman–Crippen MR) is 197 cm³/mol. The van der Waals surface area contributed by atoms with Crippen molar-refractivity contribution in [3.05, 3.63) is 105 Å². The Morgan fingerprint density at radius 1 is 1.03 bits per heavy atom. The highest BCUT2D eigenvalue weighted by atomic mass is 19.4. The van der Waals surface area contributed by atoms with Crippen LogP contribution in [0, 0.1) is 23.0 Å². The molecule has 1 saturated carbocycles. The van der Waals surface area contributed by atoms with Crippen LogP contribution in [0.1, 0.15) is 58.9 Å². The highest BCUT2D eigenvalue weighted by Gasteiger charge is 2.56. The Labute approximate surface area is 326 Å². The number of halogens is 5. The van der Waals surface area contributed by atoms with E-state index in [1.54, 1.807) is 51.1 Å². The van der Waals surface area contributed by atoms with Crippen LogP contribution in [0.5, 0.6) is 0 Å². The Balaban J connectivity index is 1.15. The van der Waals surface area contributed by atoms with E-state index in [9.17, 15) is 37.2 Å². The molecular formula is C39H34F5N11O3. The molecule has 3 atom stereocenters. The molecule has 1 aromatic carbocycles. The third kappa shape index (κ3) is 6.57. The number of nitrogens with zero attached hydrogens (tertiary/aromatic N) is 10. The first-order valence-electron chi connectivity index (χ1n) is 18.0. The molecular weight excluding hydrogens is 765 g/mol. The minimum atomic E-state index is -4.87. The lowest BCUT2D eigenvalue weighted by Gasteiger charge is -2.37. The monoisotopic (exact) mass is 799 g/mol. The van der Waals surface area contributed by atoms with E-state index >= 15 is 4.39 Å². The molecule has 14 nitrogen and oxygen atoms in total. The fraction of sp³-hybridized carbons (Fsp3) is 0.333. The summed E-state index contributed by atoms with van der Waals surface area (Å²) >= 11 is 0. The van der Waals surface area contributed by atoms with Crippen LogP contribution < -0.4 is 10.9 Å². The molecule has 0 radical (unpaired) electrons. The van der Waals surface area contributed by atoms with Crippen molar-refractivity contribution >= 4 is 22.8 Å². The maximum atomic E-state index is 16.0. The average Bonchev–Trinajstić information content (AvgIpc) is 3.42. The van der Waals surface area contributed by atoms with Crippen molar-refractivity contribution in [3.8, 4) is 28.6 Å². The summed E-state index contributed by atoms with van der Waals surface area (Å²) in [6.07, 6.45) is 1.38. The molecule has 1 aliphatic heterocycles. The number of fused-ring (bicyclic) bond motifs is 4. The first-order chi connectivity index (χ1) is 27.3. The highest BCUT2D eigenvalue weighted by Crippen LogP contribution is 2.54. The van der Waals surface area contributed by atoms with Crippen LogP contribution in [-0.4, -0.2) is 73.2 Å². The third-order valence-corrected chi connectivity index (χ3v) is 10.6. The van der Waals surface area contributed by atoms with Crippen LogP contribution in [0.3, 0.4) is 0 Å². The molecule has 1 aliphatic carbocycles. The molecule has 0 saturated heterocycles. The zero-order valence-electron chi connectivity index (χ0n) is 31.6. The van der Waals surface area contributed by atoms with Gasteiger partial charge in [0.2, 0.25) is 5.91 Å². The number of aryl methyl sites for hydroxylation is 3. The first-order valence-corrected chi connectivity index (χ1v) is 18.0. The van der Waals surface area contributed by atoms with Crippen LogP contribution in [0.4, 0.5) is 22.0 Å². The van der Waals surface area contributed by atoms with Gasteiger partial charge in [0, 0.05) is 63.0 Å². The Hall–Kier alpha value is -6.71. The van der Waals surface area contributed by atoms with Gasteiger partial charge in [-0.15, -0.1) is 0 Å². The molecule has 6 heterocycles. The Morgan fingerprint density at radius 3 is 2.47 bits per heavy atom. The van der Waals surface area contributed by atoms with Crippen molar-refractivity contribution in [1.82, 2.24) is 49.1 Å². The Kier molecular flexibility index (Phi) is 8.86. The number of nitriles is 1. The van der Waals surface area contributed by atoms with Crippen LogP contribution in [0.15, 0.2) is 59.9 Å². The highest BCUT2D eigenvalue weighted by molar-refractivity contribution is 6.03. The number of carbonyl (C=O) groups is 2. The van der Waals surface area contributed by atoms with Gasteiger partial charge < -0.3 is 14.8 Å². The van der Waals surface area contributed by atoms with Gasteiger partial charge in [0.15, 0.2) is 11.5 Å². The third-order valence-electron chi connectivity index (χ3n) is 10.6. The topological polar surface area (TPSA) is 162 Å². The van der Waals surface area contributed by atoms with Gasteiger partial charge in [-0.25, -0.2) is 13.8 Å². The molecule has 1 fully saturated rings. The molecule has 3 unspecified atom stereocenters. The second-order valence-electron chi connectivity index (χ2n) is 15.4. The molecule has 6 aromatic rings. The molecule has 19 heteroatoms. The van der Waals surface area contributed by atoms with Crippen molar-refractivity contribution in [2.45, 2.75) is 63.0 Å². The van der Waals surface area contributed by atoms with E-state index in [2.05, 4.69) is 26.7 Å². The summed E-state index contributed by atoms with van der Waals surface area (Å²) in [4.78, 5) is 47.2. The Bertz CT molecular complexity index is 2760. The smallest absolute Gasteiger partial charge is 0.348 e. The number of aromatic nitrogens is 8. The Morgan fingerprint density at radius 2 is 1.79 bits per heavy atom. The molecule has 298 valence electrons. The molecule has 5 aromatic heterocycles. The molecule has 2 aliphatic rings. The van der Waals surface area contributed by atoms with E-state index in [1.807, 2.05) is 0 Å². The summed E-state index contributed by atoms with van der Waals surface area (Å²) in [5, 5.41) is 25.1. The number of benzene rings is 1. The van der Waals surface area contributed by atoms with E-state index in [-0.39, 0.29) is 41.0 Å². The molecule has 1 N–H and O–H groups in total. The minimum absolute atomic E-state index is 0.0400. The van der Waals surface area contributed by atoms with Crippen LogP contribution in [0.25, 0.3) is 33.5 Å². The van der Waals surface area contributed by atoms with Gasteiger partial charge in [0.05, 0.1) is 52.5 Å².